The Bertz CT molecular complexity index is 1130. The fourth-order valence-corrected chi connectivity index (χ4v) is 4.48. The summed E-state index contributed by atoms with van der Waals surface area (Å²) in [6, 6.07) is 13.4. The molecule has 0 radical (unpaired) electrons. The average Bonchev–Trinajstić information content (AvgIpc) is 3.37. The van der Waals surface area contributed by atoms with Crippen LogP contribution in [0.25, 0.3) is 10.9 Å². The first-order chi connectivity index (χ1) is 14.2. The SMILES string of the molecule is Fc1ccc(F)c([C@H]2c3[nH]c4ccccc4c3CCN2CCCn2cccn2)c1. The predicted octanol–water partition coefficient (Wildman–Crippen LogP) is 4.68. The lowest BCUT2D eigenvalue weighted by Gasteiger charge is -2.36. The topological polar surface area (TPSA) is 36.9 Å². The van der Waals surface area contributed by atoms with Crippen LogP contribution in [0.1, 0.15) is 29.3 Å². The van der Waals surface area contributed by atoms with Gasteiger partial charge in [0.25, 0.3) is 0 Å². The predicted molar refractivity (Wildman–Crippen MR) is 109 cm³/mol. The molecule has 1 atom stereocenters. The van der Waals surface area contributed by atoms with Crippen molar-refractivity contribution in [1.82, 2.24) is 19.7 Å². The summed E-state index contributed by atoms with van der Waals surface area (Å²) in [6.45, 7) is 2.37. The molecule has 29 heavy (non-hydrogen) atoms. The molecule has 0 bridgehead atoms. The lowest BCUT2D eigenvalue weighted by molar-refractivity contribution is 0.200. The van der Waals surface area contributed by atoms with E-state index in [1.54, 1.807) is 6.20 Å². The molecule has 2 aromatic heterocycles. The minimum absolute atomic E-state index is 0.334. The van der Waals surface area contributed by atoms with Crippen molar-refractivity contribution in [1.29, 1.82) is 0 Å². The van der Waals surface area contributed by atoms with Gasteiger partial charge in [-0.1, -0.05) is 18.2 Å². The molecule has 0 saturated carbocycles. The number of rotatable bonds is 5. The number of fused-ring (bicyclic) bond motifs is 3. The number of aromatic nitrogens is 3. The van der Waals surface area contributed by atoms with Crippen LogP contribution < -0.4 is 0 Å². The van der Waals surface area contributed by atoms with E-state index in [0.29, 0.717) is 5.56 Å². The van der Waals surface area contributed by atoms with Gasteiger partial charge in [0.1, 0.15) is 11.6 Å². The Kier molecular flexibility index (Phi) is 4.64. The van der Waals surface area contributed by atoms with Crippen LogP contribution in [0.5, 0.6) is 0 Å². The van der Waals surface area contributed by atoms with Gasteiger partial charge >= 0.3 is 0 Å². The first-order valence-electron chi connectivity index (χ1n) is 9.96. The monoisotopic (exact) mass is 392 g/mol. The highest BCUT2D eigenvalue weighted by Gasteiger charge is 2.33. The normalized spacial score (nSPS) is 17.0. The second-order valence-electron chi connectivity index (χ2n) is 7.54. The summed E-state index contributed by atoms with van der Waals surface area (Å²) in [6.07, 6.45) is 5.47. The van der Waals surface area contributed by atoms with E-state index in [1.165, 1.54) is 29.1 Å². The van der Waals surface area contributed by atoms with Crippen molar-refractivity contribution in [3.05, 3.63) is 89.4 Å². The number of nitrogens with zero attached hydrogens (tertiary/aromatic N) is 3. The van der Waals surface area contributed by atoms with Crippen LogP contribution in [0.2, 0.25) is 0 Å². The van der Waals surface area contributed by atoms with Gasteiger partial charge in [-0.05, 0) is 48.7 Å². The van der Waals surface area contributed by atoms with E-state index in [2.05, 4.69) is 21.0 Å². The molecule has 3 heterocycles. The number of benzene rings is 2. The number of hydrogen-bond donors (Lipinski definition) is 1. The Balaban J connectivity index is 1.53. The van der Waals surface area contributed by atoms with Crippen LogP contribution in [-0.2, 0) is 13.0 Å². The minimum Gasteiger partial charge on any atom is -0.357 e. The number of hydrogen-bond acceptors (Lipinski definition) is 2. The molecular formula is C23H22F2N4. The second kappa shape index (κ2) is 7.44. The highest BCUT2D eigenvalue weighted by atomic mass is 19.1. The maximum absolute atomic E-state index is 14.8. The zero-order chi connectivity index (χ0) is 19.8. The molecular weight excluding hydrogens is 370 g/mol. The maximum Gasteiger partial charge on any atom is 0.128 e. The fourth-order valence-electron chi connectivity index (χ4n) is 4.48. The zero-order valence-corrected chi connectivity index (χ0v) is 16.0. The average molecular weight is 392 g/mol. The lowest BCUT2D eigenvalue weighted by Crippen LogP contribution is -2.37. The molecule has 2 aromatic carbocycles. The fraction of sp³-hybridized carbons (Fsp3) is 0.261. The summed E-state index contributed by atoms with van der Waals surface area (Å²) in [5.41, 5.74) is 3.60. The van der Waals surface area contributed by atoms with Gasteiger partial charge in [-0.3, -0.25) is 9.58 Å². The highest BCUT2D eigenvalue weighted by Crippen LogP contribution is 2.39. The molecule has 1 N–H and O–H groups in total. The molecule has 0 aliphatic carbocycles. The van der Waals surface area contributed by atoms with Gasteiger partial charge in [0.05, 0.1) is 6.04 Å². The van der Waals surface area contributed by atoms with Gasteiger partial charge in [-0.15, -0.1) is 0 Å². The van der Waals surface area contributed by atoms with Crippen molar-refractivity contribution >= 4 is 10.9 Å². The first kappa shape index (κ1) is 18.1. The number of nitrogens with one attached hydrogen (secondary N) is 1. The van der Waals surface area contributed by atoms with Gasteiger partial charge < -0.3 is 4.98 Å². The summed E-state index contributed by atoms with van der Waals surface area (Å²) < 4.78 is 30.7. The Morgan fingerprint density at radius 2 is 1.97 bits per heavy atom. The van der Waals surface area contributed by atoms with Crippen LogP contribution >= 0.6 is 0 Å². The summed E-state index contributed by atoms with van der Waals surface area (Å²) in [5, 5.41) is 5.42. The van der Waals surface area contributed by atoms with Crippen LogP contribution in [-0.4, -0.2) is 32.8 Å². The number of halogens is 2. The summed E-state index contributed by atoms with van der Waals surface area (Å²) in [7, 11) is 0. The second-order valence-corrected chi connectivity index (χ2v) is 7.54. The van der Waals surface area contributed by atoms with E-state index < -0.39 is 5.82 Å². The van der Waals surface area contributed by atoms with Gasteiger partial charge in [0.2, 0.25) is 0 Å². The third-order valence-corrected chi connectivity index (χ3v) is 5.78. The van der Waals surface area contributed by atoms with E-state index in [-0.39, 0.29) is 11.9 Å². The Morgan fingerprint density at radius 1 is 1.07 bits per heavy atom. The maximum atomic E-state index is 14.8. The van der Waals surface area contributed by atoms with Crippen molar-refractivity contribution in [2.24, 2.45) is 0 Å². The molecule has 4 nitrogen and oxygen atoms in total. The number of H-pyrrole nitrogens is 1. The zero-order valence-electron chi connectivity index (χ0n) is 16.0. The van der Waals surface area contributed by atoms with Crippen molar-refractivity contribution in [3.63, 3.8) is 0 Å². The Hall–Kier alpha value is -2.99. The molecule has 0 saturated heterocycles. The summed E-state index contributed by atoms with van der Waals surface area (Å²) in [4.78, 5) is 5.75. The van der Waals surface area contributed by atoms with Gasteiger partial charge in [-0.2, -0.15) is 5.10 Å². The highest BCUT2D eigenvalue weighted by molar-refractivity contribution is 5.85. The van der Waals surface area contributed by atoms with Crippen LogP contribution in [0.15, 0.2) is 60.9 Å². The molecule has 5 rings (SSSR count). The number of para-hydroxylation sites is 1. The van der Waals surface area contributed by atoms with E-state index in [0.717, 1.165) is 43.7 Å². The van der Waals surface area contributed by atoms with Gasteiger partial charge in [0.15, 0.2) is 0 Å². The third kappa shape index (κ3) is 3.34. The third-order valence-electron chi connectivity index (χ3n) is 5.78. The largest absolute Gasteiger partial charge is 0.357 e. The van der Waals surface area contributed by atoms with E-state index in [4.69, 9.17) is 0 Å². The Labute approximate surface area is 167 Å². The van der Waals surface area contributed by atoms with Crippen LogP contribution in [0.4, 0.5) is 8.78 Å². The van der Waals surface area contributed by atoms with Crippen LogP contribution in [0, 0.1) is 11.6 Å². The standard InChI is InChI=1S/C23H22F2N4/c24-16-7-8-20(25)19(15-16)23-22-18(17-5-1-2-6-21(17)27-22)9-14-28(23)11-4-13-29-12-3-10-26-29/h1-3,5-8,10,12,15,23,27H,4,9,11,13-14H2/t23-/m0/s1. The van der Waals surface area contributed by atoms with E-state index in [1.807, 2.05) is 35.1 Å². The van der Waals surface area contributed by atoms with Crippen LogP contribution in [0.3, 0.4) is 0 Å². The lowest BCUT2D eigenvalue weighted by atomic mass is 9.92. The molecule has 0 unspecified atom stereocenters. The Morgan fingerprint density at radius 3 is 2.83 bits per heavy atom. The minimum atomic E-state index is -0.416. The number of aromatic amines is 1. The van der Waals surface area contributed by atoms with Crippen molar-refractivity contribution < 1.29 is 8.78 Å². The number of aryl methyl sites for hydroxylation is 1. The quantitative estimate of drug-likeness (QED) is 0.535. The molecule has 0 spiro atoms. The van der Waals surface area contributed by atoms with Crippen molar-refractivity contribution in [3.8, 4) is 0 Å². The molecule has 1 aliphatic heterocycles. The van der Waals surface area contributed by atoms with Gasteiger partial charge in [0, 0.05) is 54.2 Å². The van der Waals surface area contributed by atoms with E-state index in [9.17, 15) is 8.78 Å². The van der Waals surface area contributed by atoms with Crippen molar-refractivity contribution in [2.45, 2.75) is 25.4 Å². The molecule has 4 aromatic rings. The molecule has 0 fully saturated rings. The molecule has 1 aliphatic rings. The molecule has 148 valence electrons. The van der Waals surface area contributed by atoms with Gasteiger partial charge in [-0.25, -0.2) is 8.78 Å². The van der Waals surface area contributed by atoms with E-state index >= 15 is 0 Å². The summed E-state index contributed by atoms with van der Waals surface area (Å²) in [5.74, 6) is -0.791. The van der Waals surface area contributed by atoms with Crippen molar-refractivity contribution in [2.75, 3.05) is 13.1 Å². The molecule has 0 amide bonds. The smallest absolute Gasteiger partial charge is 0.128 e. The first-order valence-corrected chi connectivity index (χ1v) is 9.96. The molecule has 6 heteroatoms. The summed E-state index contributed by atoms with van der Waals surface area (Å²) >= 11 is 0.